The fourth-order valence-electron chi connectivity index (χ4n) is 2.02. The van der Waals surface area contributed by atoms with Crippen LogP contribution in [-0.2, 0) is 9.84 Å². The van der Waals surface area contributed by atoms with Crippen LogP contribution in [0.15, 0.2) is 53.4 Å². The second-order valence-electron chi connectivity index (χ2n) is 4.61. The van der Waals surface area contributed by atoms with Crippen molar-refractivity contribution in [1.29, 1.82) is 0 Å². The summed E-state index contributed by atoms with van der Waals surface area (Å²) < 4.78 is 50.7. The van der Waals surface area contributed by atoms with Crippen molar-refractivity contribution in [2.24, 2.45) is 0 Å². The maximum atomic E-state index is 13.2. The van der Waals surface area contributed by atoms with E-state index in [4.69, 9.17) is 0 Å². The van der Waals surface area contributed by atoms with Crippen molar-refractivity contribution in [3.63, 3.8) is 0 Å². The zero-order valence-electron chi connectivity index (χ0n) is 11.4. The molecule has 2 rings (SSSR count). The SMILES string of the molecule is CNC(CS(=O)(=O)c1ccc(F)c(F)c1)c1ccccc1. The van der Waals surface area contributed by atoms with Crippen LogP contribution in [-0.4, -0.2) is 21.2 Å². The molecule has 0 aromatic heterocycles. The first-order chi connectivity index (χ1) is 9.94. The predicted octanol–water partition coefficient (Wildman–Crippen LogP) is 2.70. The minimum Gasteiger partial charge on any atom is -0.312 e. The van der Waals surface area contributed by atoms with Gasteiger partial charge in [0.25, 0.3) is 0 Å². The van der Waals surface area contributed by atoms with Gasteiger partial charge in [-0.05, 0) is 30.8 Å². The highest BCUT2D eigenvalue weighted by Crippen LogP contribution is 2.21. The fourth-order valence-corrected chi connectivity index (χ4v) is 3.57. The average Bonchev–Trinajstić information content (AvgIpc) is 2.48. The van der Waals surface area contributed by atoms with E-state index in [-0.39, 0.29) is 10.6 Å². The Morgan fingerprint density at radius 3 is 2.29 bits per heavy atom. The summed E-state index contributed by atoms with van der Waals surface area (Å²) in [5.41, 5.74) is 0.811. The minimum atomic E-state index is -3.73. The molecule has 3 nitrogen and oxygen atoms in total. The Morgan fingerprint density at radius 2 is 1.71 bits per heavy atom. The molecule has 1 unspecified atom stereocenters. The molecule has 0 saturated heterocycles. The number of nitrogens with one attached hydrogen (secondary N) is 1. The Labute approximate surface area is 122 Å². The molecule has 0 aliphatic rings. The quantitative estimate of drug-likeness (QED) is 0.864. The minimum absolute atomic E-state index is 0.224. The molecule has 0 saturated carbocycles. The zero-order valence-corrected chi connectivity index (χ0v) is 12.2. The zero-order chi connectivity index (χ0) is 15.5. The van der Waals surface area contributed by atoms with Crippen molar-refractivity contribution in [3.05, 3.63) is 65.7 Å². The Bertz CT molecular complexity index is 718. The first-order valence-corrected chi connectivity index (χ1v) is 7.99. The molecule has 0 bridgehead atoms. The van der Waals surface area contributed by atoms with Gasteiger partial charge in [0, 0.05) is 6.04 Å². The Kier molecular flexibility index (Phi) is 4.69. The molecule has 0 amide bonds. The fraction of sp³-hybridized carbons (Fsp3) is 0.200. The van der Waals surface area contributed by atoms with Crippen molar-refractivity contribution in [2.45, 2.75) is 10.9 Å². The van der Waals surface area contributed by atoms with E-state index in [9.17, 15) is 17.2 Å². The normalized spacial score (nSPS) is 13.1. The van der Waals surface area contributed by atoms with Gasteiger partial charge in [0.15, 0.2) is 21.5 Å². The molecule has 0 heterocycles. The number of benzene rings is 2. The van der Waals surface area contributed by atoms with Crippen LogP contribution in [0, 0.1) is 11.6 Å². The van der Waals surface area contributed by atoms with E-state index in [2.05, 4.69) is 5.32 Å². The maximum Gasteiger partial charge on any atom is 0.180 e. The molecule has 1 atom stereocenters. The summed E-state index contributed by atoms with van der Waals surface area (Å²) in [7, 11) is -2.08. The monoisotopic (exact) mass is 311 g/mol. The van der Waals surface area contributed by atoms with Crippen molar-refractivity contribution in [3.8, 4) is 0 Å². The number of hydrogen-bond acceptors (Lipinski definition) is 3. The Balaban J connectivity index is 2.29. The number of rotatable bonds is 5. The summed E-state index contributed by atoms with van der Waals surface area (Å²) in [5.74, 6) is -2.47. The third-order valence-electron chi connectivity index (χ3n) is 3.19. The van der Waals surface area contributed by atoms with Gasteiger partial charge in [0.2, 0.25) is 0 Å². The van der Waals surface area contributed by atoms with Gasteiger partial charge in [-0.25, -0.2) is 17.2 Å². The van der Waals surface area contributed by atoms with Crippen molar-refractivity contribution >= 4 is 9.84 Å². The largest absolute Gasteiger partial charge is 0.312 e. The van der Waals surface area contributed by atoms with Crippen LogP contribution in [0.3, 0.4) is 0 Å². The Hall–Kier alpha value is -1.79. The van der Waals surface area contributed by atoms with Crippen molar-refractivity contribution in [1.82, 2.24) is 5.32 Å². The van der Waals surface area contributed by atoms with E-state index in [0.717, 1.165) is 17.7 Å². The summed E-state index contributed by atoms with van der Waals surface area (Å²) in [4.78, 5) is -0.224. The molecule has 0 aliphatic carbocycles. The third-order valence-corrected chi connectivity index (χ3v) is 4.93. The second-order valence-corrected chi connectivity index (χ2v) is 6.64. The third kappa shape index (κ3) is 3.65. The van der Waals surface area contributed by atoms with Crippen LogP contribution in [0.5, 0.6) is 0 Å². The molecule has 0 radical (unpaired) electrons. The smallest absolute Gasteiger partial charge is 0.180 e. The summed E-state index contributed by atoms with van der Waals surface area (Å²) in [6.07, 6.45) is 0. The van der Waals surface area contributed by atoms with Gasteiger partial charge in [-0.3, -0.25) is 0 Å². The van der Waals surface area contributed by atoms with Gasteiger partial charge in [0.1, 0.15) is 0 Å². The Morgan fingerprint density at radius 1 is 1.05 bits per heavy atom. The molecule has 2 aromatic carbocycles. The van der Waals surface area contributed by atoms with Gasteiger partial charge < -0.3 is 5.32 Å². The molecular formula is C15H15F2NO2S. The highest BCUT2D eigenvalue weighted by atomic mass is 32.2. The molecule has 0 fully saturated rings. The maximum absolute atomic E-state index is 13.2. The van der Waals surface area contributed by atoms with Crippen molar-refractivity contribution in [2.75, 3.05) is 12.8 Å². The van der Waals surface area contributed by atoms with E-state index >= 15 is 0 Å². The lowest BCUT2D eigenvalue weighted by atomic mass is 10.1. The summed E-state index contributed by atoms with van der Waals surface area (Å²) in [5, 5.41) is 2.92. The lowest BCUT2D eigenvalue weighted by Crippen LogP contribution is -2.25. The van der Waals surface area contributed by atoms with E-state index < -0.39 is 27.5 Å². The predicted molar refractivity (Wildman–Crippen MR) is 76.7 cm³/mol. The summed E-state index contributed by atoms with van der Waals surface area (Å²) in [6.45, 7) is 0. The molecular weight excluding hydrogens is 296 g/mol. The summed E-state index contributed by atoms with van der Waals surface area (Å²) >= 11 is 0. The van der Waals surface area contributed by atoms with Gasteiger partial charge >= 0.3 is 0 Å². The topological polar surface area (TPSA) is 46.2 Å². The first kappa shape index (κ1) is 15.6. The van der Waals surface area contributed by atoms with E-state index in [1.807, 2.05) is 30.3 Å². The summed E-state index contributed by atoms with van der Waals surface area (Å²) in [6, 6.07) is 11.2. The van der Waals surface area contributed by atoms with E-state index in [1.165, 1.54) is 0 Å². The molecule has 2 aromatic rings. The van der Waals surface area contributed by atoms with Crippen molar-refractivity contribution < 1.29 is 17.2 Å². The van der Waals surface area contributed by atoms with Crippen LogP contribution in [0.4, 0.5) is 8.78 Å². The van der Waals surface area contributed by atoms with E-state index in [0.29, 0.717) is 6.07 Å². The number of hydrogen-bond donors (Lipinski definition) is 1. The van der Waals surface area contributed by atoms with Crippen LogP contribution < -0.4 is 5.32 Å². The second kappa shape index (κ2) is 6.32. The standard InChI is InChI=1S/C15H15F2NO2S/c1-18-15(11-5-3-2-4-6-11)10-21(19,20)12-7-8-13(16)14(17)9-12/h2-9,15,18H,10H2,1H3. The molecule has 1 N–H and O–H groups in total. The van der Waals surface area contributed by atoms with Crippen LogP contribution >= 0.6 is 0 Å². The molecule has 21 heavy (non-hydrogen) atoms. The molecule has 0 aliphatic heterocycles. The number of halogens is 2. The lowest BCUT2D eigenvalue weighted by Gasteiger charge is -2.17. The van der Waals surface area contributed by atoms with Gasteiger partial charge in [0.05, 0.1) is 10.6 Å². The van der Waals surface area contributed by atoms with Crippen LogP contribution in [0.1, 0.15) is 11.6 Å². The van der Waals surface area contributed by atoms with Gasteiger partial charge in [-0.15, -0.1) is 0 Å². The highest BCUT2D eigenvalue weighted by molar-refractivity contribution is 7.91. The lowest BCUT2D eigenvalue weighted by molar-refractivity contribution is 0.504. The first-order valence-electron chi connectivity index (χ1n) is 6.34. The molecule has 6 heteroatoms. The van der Waals surface area contributed by atoms with Crippen LogP contribution in [0.25, 0.3) is 0 Å². The average molecular weight is 311 g/mol. The van der Waals surface area contributed by atoms with E-state index in [1.54, 1.807) is 7.05 Å². The number of sulfone groups is 1. The molecule has 0 spiro atoms. The van der Waals surface area contributed by atoms with Gasteiger partial charge in [-0.2, -0.15) is 0 Å². The van der Waals surface area contributed by atoms with Gasteiger partial charge in [-0.1, -0.05) is 30.3 Å². The van der Waals surface area contributed by atoms with Crippen LogP contribution in [0.2, 0.25) is 0 Å². The highest BCUT2D eigenvalue weighted by Gasteiger charge is 2.22. The molecule has 112 valence electrons.